The first kappa shape index (κ1) is 16.3. The molecule has 0 aromatic heterocycles. The number of esters is 2. The van der Waals surface area contributed by atoms with Crippen LogP contribution in [-0.2, 0) is 9.53 Å². The first-order valence-corrected chi connectivity index (χ1v) is 7.73. The molecule has 1 aromatic carbocycles. The van der Waals surface area contributed by atoms with E-state index in [-0.39, 0.29) is 5.92 Å². The molecule has 0 aliphatic carbocycles. The smallest absolute Gasteiger partial charge is 0.345 e. The normalized spacial score (nSPS) is 20.0. The van der Waals surface area contributed by atoms with Gasteiger partial charge < -0.3 is 10.1 Å². The topological polar surface area (TPSA) is 55.4 Å². The highest BCUT2D eigenvalue weighted by Gasteiger charge is 2.31. The molecule has 2 rings (SSSR count). The third kappa shape index (κ3) is 4.71. The van der Waals surface area contributed by atoms with Gasteiger partial charge in [-0.3, -0.25) is 0 Å². The van der Waals surface area contributed by atoms with Gasteiger partial charge in [-0.05, 0) is 25.0 Å². The van der Waals surface area contributed by atoms with Crippen molar-refractivity contribution in [3.63, 3.8) is 0 Å². The van der Waals surface area contributed by atoms with Crippen LogP contribution in [0.15, 0.2) is 30.3 Å². The molecule has 1 N–H and O–H groups in total. The molecule has 1 aromatic rings. The van der Waals surface area contributed by atoms with E-state index in [2.05, 4.69) is 24.1 Å². The van der Waals surface area contributed by atoms with E-state index in [1.165, 1.54) is 0 Å². The van der Waals surface area contributed by atoms with E-state index in [0.717, 1.165) is 19.3 Å². The summed E-state index contributed by atoms with van der Waals surface area (Å²) in [6.07, 6.45) is 3.73. The van der Waals surface area contributed by atoms with Crippen LogP contribution in [0.1, 0.15) is 43.0 Å². The number of unbranched alkanes of at least 4 members (excludes halogenated alkanes) is 2. The van der Waals surface area contributed by atoms with Crippen molar-refractivity contribution in [3.8, 4) is 11.8 Å². The summed E-state index contributed by atoms with van der Waals surface area (Å²) in [4.78, 5) is 23.8. The maximum Gasteiger partial charge on any atom is 0.345 e. The Balaban J connectivity index is 1.81. The van der Waals surface area contributed by atoms with Crippen LogP contribution < -0.4 is 5.32 Å². The van der Waals surface area contributed by atoms with Gasteiger partial charge in [-0.2, -0.15) is 0 Å². The molecular weight excluding hydrogens is 278 g/mol. The molecule has 0 radical (unpaired) electrons. The Bertz CT molecular complexity index is 571. The predicted molar refractivity (Wildman–Crippen MR) is 84.1 cm³/mol. The fraction of sp³-hybridized carbons (Fsp3) is 0.444. The number of hydrogen-bond donors (Lipinski definition) is 1. The Labute approximate surface area is 131 Å². The van der Waals surface area contributed by atoms with Crippen molar-refractivity contribution in [1.82, 2.24) is 5.32 Å². The van der Waals surface area contributed by atoms with Crippen molar-refractivity contribution in [3.05, 3.63) is 35.9 Å². The summed E-state index contributed by atoms with van der Waals surface area (Å²) in [7, 11) is 0. The highest BCUT2D eigenvalue weighted by molar-refractivity contribution is 5.98. The van der Waals surface area contributed by atoms with E-state index >= 15 is 0 Å². The minimum absolute atomic E-state index is 0.154. The number of carbonyl (C=O) groups excluding carboxylic acids is 2. The van der Waals surface area contributed by atoms with Crippen LogP contribution in [-0.4, -0.2) is 24.5 Å². The van der Waals surface area contributed by atoms with Crippen molar-refractivity contribution >= 4 is 11.9 Å². The molecule has 1 aliphatic heterocycles. The third-order valence-electron chi connectivity index (χ3n) is 3.58. The zero-order valence-corrected chi connectivity index (χ0v) is 12.8. The fourth-order valence-electron chi connectivity index (χ4n) is 2.30. The first-order chi connectivity index (χ1) is 10.7. The number of rotatable bonds is 4. The number of nitrogens with one attached hydrogen (secondary N) is 1. The average Bonchev–Trinajstić information content (AvgIpc) is 3.01. The van der Waals surface area contributed by atoms with Crippen molar-refractivity contribution in [1.29, 1.82) is 0 Å². The quantitative estimate of drug-likeness (QED) is 0.402. The van der Waals surface area contributed by atoms with E-state index in [9.17, 15) is 9.59 Å². The summed E-state index contributed by atoms with van der Waals surface area (Å²) < 4.78 is 4.92. The summed E-state index contributed by atoms with van der Waals surface area (Å²) in [5.41, 5.74) is 0.379. The van der Waals surface area contributed by atoms with Crippen LogP contribution in [0.3, 0.4) is 0 Å². The molecule has 0 saturated carbocycles. The Hall–Kier alpha value is -2.12. The van der Waals surface area contributed by atoms with E-state index < -0.39 is 18.0 Å². The van der Waals surface area contributed by atoms with Gasteiger partial charge in [-0.15, -0.1) is 5.92 Å². The monoisotopic (exact) mass is 299 g/mol. The van der Waals surface area contributed by atoms with Gasteiger partial charge in [0.05, 0.1) is 5.56 Å². The lowest BCUT2D eigenvalue weighted by Crippen LogP contribution is -2.33. The molecule has 2 atom stereocenters. The van der Waals surface area contributed by atoms with Crippen LogP contribution >= 0.6 is 0 Å². The van der Waals surface area contributed by atoms with Gasteiger partial charge in [-0.25, -0.2) is 9.59 Å². The Morgan fingerprint density at radius 3 is 2.82 bits per heavy atom. The molecular formula is C18H21NO3. The van der Waals surface area contributed by atoms with Crippen LogP contribution in [0.2, 0.25) is 0 Å². The largest absolute Gasteiger partial charge is 0.388 e. The van der Waals surface area contributed by atoms with Crippen molar-refractivity contribution in [2.45, 2.75) is 38.6 Å². The molecule has 4 heteroatoms. The molecule has 0 amide bonds. The summed E-state index contributed by atoms with van der Waals surface area (Å²) in [6, 6.07) is 8.07. The fourth-order valence-corrected chi connectivity index (χ4v) is 2.30. The highest BCUT2D eigenvalue weighted by Crippen LogP contribution is 2.15. The second-order valence-electron chi connectivity index (χ2n) is 5.39. The van der Waals surface area contributed by atoms with Gasteiger partial charge in [0, 0.05) is 18.9 Å². The van der Waals surface area contributed by atoms with Gasteiger partial charge >= 0.3 is 11.9 Å². The summed E-state index contributed by atoms with van der Waals surface area (Å²) in [5, 5.41) is 3.07. The average molecular weight is 299 g/mol. The molecule has 1 heterocycles. The molecule has 0 spiro atoms. The Morgan fingerprint density at radius 1 is 1.32 bits per heavy atom. The minimum atomic E-state index is -0.607. The summed E-state index contributed by atoms with van der Waals surface area (Å²) >= 11 is 0. The zero-order valence-electron chi connectivity index (χ0n) is 12.8. The molecule has 1 unspecified atom stereocenters. The van der Waals surface area contributed by atoms with Crippen LogP contribution in [0.5, 0.6) is 0 Å². The first-order valence-electron chi connectivity index (χ1n) is 7.73. The van der Waals surface area contributed by atoms with E-state index in [4.69, 9.17) is 4.74 Å². The maximum absolute atomic E-state index is 12.0. The van der Waals surface area contributed by atoms with Crippen LogP contribution in [0.4, 0.5) is 0 Å². The molecule has 0 bridgehead atoms. The van der Waals surface area contributed by atoms with Crippen molar-refractivity contribution in [2.24, 2.45) is 5.92 Å². The second kappa shape index (κ2) is 8.35. The molecule has 4 nitrogen and oxygen atoms in total. The van der Waals surface area contributed by atoms with E-state index in [1.807, 2.05) is 0 Å². The summed E-state index contributed by atoms with van der Waals surface area (Å²) in [6.45, 7) is 2.80. The Morgan fingerprint density at radius 2 is 2.09 bits per heavy atom. The number of ether oxygens (including phenoxy) is 1. The van der Waals surface area contributed by atoms with Crippen LogP contribution in [0.25, 0.3) is 0 Å². The van der Waals surface area contributed by atoms with Gasteiger partial charge in [0.25, 0.3) is 0 Å². The SMILES string of the molecule is CCCCC#CC1CN[C@H](C(=O)OC(=O)c2ccccc2)C1. The zero-order chi connectivity index (χ0) is 15.8. The highest BCUT2D eigenvalue weighted by atomic mass is 16.6. The van der Waals surface area contributed by atoms with Crippen molar-refractivity contribution < 1.29 is 14.3 Å². The third-order valence-corrected chi connectivity index (χ3v) is 3.58. The molecule has 116 valence electrons. The molecule has 1 saturated heterocycles. The standard InChI is InChI=1S/C18H21NO3/c1-2-3-4-6-9-14-12-16(19-13-14)18(21)22-17(20)15-10-7-5-8-11-15/h5,7-8,10-11,14,16,19H,2-4,12-13H2,1H3/t14?,16-/m0/s1. The van der Waals surface area contributed by atoms with Gasteiger partial charge in [0.2, 0.25) is 0 Å². The van der Waals surface area contributed by atoms with Crippen LogP contribution in [0, 0.1) is 17.8 Å². The minimum Gasteiger partial charge on any atom is -0.388 e. The number of benzene rings is 1. The lowest BCUT2D eigenvalue weighted by Gasteiger charge is -2.08. The lowest BCUT2D eigenvalue weighted by atomic mass is 10.1. The molecule has 1 aliphatic rings. The molecule has 1 fully saturated rings. The Kier molecular flexibility index (Phi) is 6.17. The van der Waals surface area contributed by atoms with Gasteiger partial charge in [0.15, 0.2) is 0 Å². The maximum atomic E-state index is 12.0. The molecule has 22 heavy (non-hydrogen) atoms. The van der Waals surface area contributed by atoms with E-state index in [0.29, 0.717) is 18.5 Å². The summed E-state index contributed by atoms with van der Waals surface area (Å²) in [5.74, 6) is 5.35. The lowest BCUT2D eigenvalue weighted by molar-refractivity contribution is -0.140. The van der Waals surface area contributed by atoms with E-state index in [1.54, 1.807) is 30.3 Å². The second-order valence-corrected chi connectivity index (χ2v) is 5.39. The van der Waals surface area contributed by atoms with Gasteiger partial charge in [-0.1, -0.05) is 37.5 Å². The number of hydrogen-bond acceptors (Lipinski definition) is 4. The van der Waals surface area contributed by atoms with Gasteiger partial charge in [0.1, 0.15) is 6.04 Å². The predicted octanol–water partition coefficient (Wildman–Crippen LogP) is 2.54. The number of carbonyl (C=O) groups is 2. The van der Waals surface area contributed by atoms with Crippen molar-refractivity contribution in [2.75, 3.05) is 6.54 Å².